The summed E-state index contributed by atoms with van der Waals surface area (Å²) < 4.78 is 10.8. The van der Waals surface area contributed by atoms with Crippen molar-refractivity contribution in [1.29, 1.82) is 0 Å². The second-order valence-corrected chi connectivity index (χ2v) is 7.48. The Morgan fingerprint density at radius 1 is 1.25 bits per heavy atom. The van der Waals surface area contributed by atoms with Gasteiger partial charge in [-0.3, -0.25) is 4.79 Å². The van der Waals surface area contributed by atoms with Crippen molar-refractivity contribution in [2.24, 2.45) is 10.2 Å². The molecule has 0 aromatic heterocycles. The van der Waals surface area contributed by atoms with E-state index in [0.717, 1.165) is 11.1 Å². The Balaban J connectivity index is 1.65. The van der Waals surface area contributed by atoms with Crippen molar-refractivity contribution < 1.29 is 14.3 Å². The minimum absolute atomic E-state index is 0.0957. The zero-order chi connectivity index (χ0) is 19.9. The molecule has 8 heteroatoms. The Hall–Kier alpha value is -2.51. The number of nitrogens with one attached hydrogen (secondary N) is 1. The van der Waals surface area contributed by atoms with Gasteiger partial charge in [0, 0.05) is 5.02 Å². The molecule has 0 saturated carbocycles. The Labute approximate surface area is 173 Å². The summed E-state index contributed by atoms with van der Waals surface area (Å²) in [5.74, 6) is 1.21. The maximum atomic E-state index is 12.2. The topological polar surface area (TPSA) is 72.3 Å². The molecule has 0 bridgehead atoms. The first-order valence-electron chi connectivity index (χ1n) is 8.73. The van der Waals surface area contributed by atoms with Crippen LogP contribution in [0.2, 0.25) is 5.02 Å². The van der Waals surface area contributed by atoms with E-state index >= 15 is 0 Å². The molecule has 1 atom stereocenters. The van der Waals surface area contributed by atoms with Gasteiger partial charge in [-0.05, 0) is 48.7 Å². The van der Waals surface area contributed by atoms with Crippen LogP contribution in [0.4, 0.5) is 0 Å². The van der Waals surface area contributed by atoms with Crippen LogP contribution < -0.4 is 14.8 Å². The highest BCUT2D eigenvalue weighted by Crippen LogP contribution is 2.28. The Morgan fingerprint density at radius 2 is 2.07 bits per heavy atom. The average Bonchev–Trinajstić information content (AvgIpc) is 3.04. The van der Waals surface area contributed by atoms with E-state index in [-0.39, 0.29) is 11.2 Å². The highest BCUT2D eigenvalue weighted by Gasteiger charge is 2.30. The minimum atomic E-state index is -0.278. The molecule has 1 aliphatic rings. The molecule has 1 N–H and O–H groups in total. The van der Waals surface area contributed by atoms with Gasteiger partial charge in [0.1, 0.15) is 0 Å². The van der Waals surface area contributed by atoms with Crippen molar-refractivity contribution in [1.82, 2.24) is 5.32 Å². The molecular weight excluding hydrogens is 398 g/mol. The molecular formula is C20H20ClN3O3S. The smallest absolute Gasteiger partial charge is 0.239 e. The fourth-order valence-corrected chi connectivity index (χ4v) is 3.80. The lowest BCUT2D eigenvalue weighted by molar-refractivity contribution is -0.118. The van der Waals surface area contributed by atoms with Gasteiger partial charge in [-0.15, -0.1) is 5.10 Å². The number of amidine groups is 1. The molecule has 2 aromatic carbocycles. The molecule has 1 aliphatic heterocycles. The lowest BCUT2D eigenvalue weighted by Crippen LogP contribution is -2.26. The Bertz CT molecular complexity index is 917. The summed E-state index contributed by atoms with van der Waals surface area (Å²) in [6, 6.07) is 13.0. The summed E-state index contributed by atoms with van der Waals surface area (Å²) in [7, 11) is 1.59. The lowest BCUT2D eigenvalue weighted by Gasteiger charge is -2.09. The summed E-state index contributed by atoms with van der Waals surface area (Å²) in [5.41, 5.74) is 1.75. The normalized spacial score (nSPS) is 17.9. The van der Waals surface area contributed by atoms with Gasteiger partial charge in [0.25, 0.3) is 0 Å². The number of hydrogen-bond donors (Lipinski definition) is 1. The first-order valence-corrected chi connectivity index (χ1v) is 9.99. The van der Waals surface area contributed by atoms with Crippen LogP contribution in [0, 0.1) is 0 Å². The molecule has 6 nitrogen and oxygen atoms in total. The highest BCUT2D eigenvalue weighted by atomic mass is 35.5. The van der Waals surface area contributed by atoms with Crippen molar-refractivity contribution >= 4 is 40.7 Å². The number of methoxy groups -OCH3 is 1. The fourth-order valence-electron chi connectivity index (χ4n) is 2.64. The molecule has 3 rings (SSSR count). The lowest BCUT2D eigenvalue weighted by atomic mass is 10.1. The van der Waals surface area contributed by atoms with Gasteiger partial charge in [-0.2, -0.15) is 5.10 Å². The maximum Gasteiger partial charge on any atom is 0.239 e. The number of hydrogen-bond acceptors (Lipinski definition) is 6. The molecule has 0 spiro atoms. The molecule has 1 saturated heterocycles. The van der Waals surface area contributed by atoms with Crippen LogP contribution >= 0.6 is 23.4 Å². The Morgan fingerprint density at radius 3 is 2.82 bits per heavy atom. The molecule has 1 unspecified atom stereocenters. The third-order valence-corrected chi connectivity index (χ3v) is 5.42. The predicted molar refractivity (Wildman–Crippen MR) is 114 cm³/mol. The van der Waals surface area contributed by atoms with Gasteiger partial charge in [0.15, 0.2) is 16.7 Å². The SMILES string of the molecule is CCOc1ccc(/C=N/N=C2\NC(=O)C(Cc3ccccc3Cl)S2)cc1OC. The second-order valence-electron chi connectivity index (χ2n) is 5.88. The highest BCUT2D eigenvalue weighted by molar-refractivity contribution is 8.15. The molecule has 1 fully saturated rings. The standard InChI is InChI=1S/C20H20ClN3O3S/c1-3-27-16-9-8-13(10-17(16)26-2)12-22-24-20-23-19(25)18(28-20)11-14-6-4-5-7-15(14)21/h4-10,12,18H,3,11H2,1-2H3,(H,23,24,25)/b22-12+. The first-order chi connectivity index (χ1) is 13.6. The van der Waals surface area contributed by atoms with Crippen LogP contribution in [0.3, 0.4) is 0 Å². The first kappa shape index (κ1) is 20.2. The molecule has 146 valence electrons. The average molecular weight is 418 g/mol. The quantitative estimate of drug-likeness (QED) is 0.547. The van der Waals surface area contributed by atoms with E-state index in [9.17, 15) is 4.79 Å². The zero-order valence-corrected chi connectivity index (χ0v) is 17.1. The largest absolute Gasteiger partial charge is 0.493 e. The van der Waals surface area contributed by atoms with Crippen molar-refractivity contribution in [3.8, 4) is 11.5 Å². The van der Waals surface area contributed by atoms with Crippen LogP contribution in [0.1, 0.15) is 18.1 Å². The number of nitrogens with zero attached hydrogens (tertiary/aromatic N) is 2. The summed E-state index contributed by atoms with van der Waals surface area (Å²) >= 11 is 7.53. The van der Waals surface area contributed by atoms with E-state index in [1.807, 2.05) is 49.4 Å². The number of ether oxygens (including phenoxy) is 2. The van der Waals surface area contributed by atoms with Crippen LogP contribution in [-0.2, 0) is 11.2 Å². The van der Waals surface area contributed by atoms with Gasteiger partial charge < -0.3 is 14.8 Å². The van der Waals surface area contributed by atoms with Gasteiger partial charge in [0.05, 0.1) is 25.2 Å². The van der Waals surface area contributed by atoms with E-state index in [1.54, 1.807) is 13.3 Å². The molecule has 1 heterocycles. The summed E-state index contributed by atoms with van der Waals surface area (Å²) in [4.78, 5) is 12.2. The van der Waals surface area contributed by atoms with E-state index in [2.05, 4.69) is 15.5 Å². The molecule has 0 radical (unpaired) electrons. The summed E-state index contributed by atoms with van der Waals surface area (Å²) in [5, 5.41) is 11.8. The van der Waals surface area contributed by atoms with Crippen LogP contribution in [0.15, 0.2) is 52.7 Å². The van der Waals surface area contributed by atoms with Crippen molar-refractivity contribution in [2.45, 2.75) is 18.6 Å². The van der Waals surface area contributed by atoms with Crippen molar-refractivity contribution in [3.05, 3.63) is 58.6 Å². The van der Waals surface area contributed by atoms with Gasteiger partial charge in [0.2, 0.25) is 5.91 Å². The number of thioether (sulfide) groups is 1. The second kappa shape index (κ2) is 9.61. The zero-order valence-electron chi connectivity index (χ0n) is 15.5. The number of amides is 1. The molecule has 28 heavy (non-hydrogen) atoms. The number of benzene rings is 2. The van der Waals surface area contributed by atoms with Crippen LogP contribution in [-0.4, -0.2) is 36.3 Å². The Kier molecular flexibility index (Phi) is 6.95. The third-order valence-electron chi connectivity index (χ3n) is 3.98. The molecule has 1 amide bonds. The predicted octanol–water partition coefficient (Wildman–Crippen LogP) is 3.91. The van der Waals surface area contributed by atoms with Gasteiger partial charge in [-0.1, -0.05) is 41.6 Å². The monoisotopic (exact) mass is 417 g/mol. The van der Waals surface area contributed by atoms with Gasteiger partial charge in [-0.25, -0.2) is 0 Å². The number of carbonyl (C=O) groups excluding carboxylic acids is 1. The van der Waals surface area contributed by atoms with E-state index in [0.29, 0.717) is 34.7 Å². The maximum absolute atomic E-state index is 12.2. The third kappa shape index (κ3) is 5.05. The van der Waals surface area contributed by atoms with E-state index in [1.165, 1.54) is 11.8 Å². The van der Waals surface area contributed by atoms with Crippen molar-refractivity contribution in [2.75, 3.05) is 13.7 Å². The van der Waals surface area contributed by atoms with E-state index in [4.69, 9.17) is 21.1 Å². The summed E-state index contributed by atoms with van der Waals surface area (Å²) in [6.45, 7) is 2.47. The van der Waals surface area contributed by atoms with Gasteiger partial charge >= 0.3 is 0 Å². The minimum Gasteiger partial charge on any atom is -0.493 e. The number of rotatable bonds is 7. The number of carbonyl (C=O) groups is 1. The van der Waals surface area contributed by atoms with E-state index < -0.39 is 0 Å². The van der Waals surface area contributed by atoms with Crippen molar-refractivity contribution in [3.63, 3.8) is 0 Å². The number of halogens is 1. The fraction of sp³-hybridized carbons (Fsp3) is 0.250. The van der Waals surface area contributed by atoms with Crippen LogP contribution in [0.5, 0.6) is 11.5 Å². The summed E-state index contributed by atoms with van der Waals surface area (Å²) in [6.07, 6.45) is 2.13. The molecule has 0 aliphatic carbocycles. The molecule has 2 aromatic rings. The van der Waals surface area contributed by atoms with Crippen LogP contribution in [0.25, 0.3) is 0 Å².